The lowest BCUT2D eigenvalue weighted by Gasteiger charge is -2.38. The Kier molecular flexibility index (Phi) is 6.18. The molecule has 1 aliphatic carbocycles. The summed E-state index contributed by atoms with van der Waals surface area (Å²) in [6.07, 6.45) is 8.03. The second kappa shape index (κ2) is 8.35. The first-order valence-electron chi connectivity index (χ1n) is 9.66. The second-order valence-corrected chi connectivity index (χ2v) is 7.70. The van der Waals surface area contributed by atoms with E-state index in [1.165, 1.54) is 56.3 Å². The highest BCUT2D eigenvalue weighted by molar-refractivity contribution is 5.36. The molecule has 1 saturated carbocycles. The predicted molar refractivity (Wildman–Crippen MR) is 98.8 cm³/mol. The molecule has 3 nitrogen and oxygen atoms in total. The molecule has 0 radical (unpaired) electrons. The van der Waals surface area contributed by atoms with Gasteiger partial charge in [0.1, 0.15) is 5.75 Å². The van der Waals surface area contributed by atoms with Crippen LogP contribution in [0.25, 0.3) is 0 Å². The van der Waals surface area contributed by atoms with Crippen LogP contribution < -0.4 is 4.74 Å². The minimum atomic E-state index is 0.434. The van der Waals surface area contributed by atoms with Crippen molar-refractivity contribution >= 4 is 0 Å². The van der Waals surface area contributed by atoms with Gasteiger partial charge in [0.2, 0.25) is 0 Å². The van der Waals surface area contributed by atoms with Gasteiger partial charge in [-0.25, -0.2) is 0 Å². The fourth-order valence-corrected chi connectivity index (χ4v) is 4.38. The molecule has 0 amide bonds. The lowest BCUT2D eigenvalue weighted by molar-refractivity contribution is -0.0298. The first kappa shape index (κ1) is 17.8. The summed E-state index contributed by atoms with van der Waals surface area (Å²) in [6.45, 7) is 7.85. The molecule has 0 N–H and O–H groups in total. The Bertz CT molecular complexity index is 531. The van der Waals surface area contributed by atoms with Crippen LogP contribution in [0.2, 0.25) is 0 Å². The van der Waals surface area contributed by atoms with Crippen LogP contribution in [-0.4, -0.2) is 43.9 Å². The fraction of sp³-hybridized carbons (Fsp3) is 0.714. The molecule has 1 aliphatic heterocycles. The smallest absolute Gasteiger partial charge is 0.121 e. The number of likely N-dealkylation sites (tertiary alicyclic amines) is 1. The van der Waals surface area contributed by atoms with Crippen molar-refractivity contribution in [2.75, 3.05) is 26.8 Å². The highest BCUT2D eigenvalue weighted by Crippen LogP contribution is 2.30. The van der Waals surface area contributed by atoms with E-state index in [9.17, 15) is 0 Å². The van der Waals surface area contributed by atoms with Crippen LogP contribution in [0.3, 0.4) is 0 Å². The van der Waals surface area contributed by atoms with Gasteiger partial charge in [0.05, 0.1) is 19.8 Å². The van der Waals surface area contributed by atoms with E-state index >= 15 is 0 Å². The van der Waals surface area contributed by atoms with Crippen molar-refractivity contribution in [3.8, 4) is 5.75 Å². The normalized spacial score (nSPS) is 28.2. The third-order valence-corrected chi connectivity index (χ3v) is 5.77. The van der Waals surface area contributed by atoms with E-state index in [4.69, 9.17) is 9.47 Å². The molecule has 1 aromatic carbocycles. The zero-order valence-electron chi connectivity index (χ0n) is 15.6. The van der Waals surface area contributed by atoms with Gasteiger partial charge in [-0.2, -0.15) is 0 Å². The molecule has 0 bridgehead atoms. The number of benzene rings is 1. The number of nitrogens with zero attached hydrogens (tertiary/aromatic N) is 1. The number of hydrogen-bond acceptors (Lipinski definition) is 3. The van der Waals surface area contributed by atoms with Crippen molar-refractivity contribution in [3.63, 3.8) is 0 Å². The van der Waals surface area contributed by atoms with Gasteiger partial charge in [-0.3, -0.25) is 4.90 Å². The van der Waals surface area contributed by atoms with Gasteiger partial charge < -0.3 is 9.47 Å². The van der Waals surface area contributed by atoms with E-state index in [1.54, 1.807) is 7.11 Å². The largest absolute Gasteiger partial charge is 0.496 e. The molecule has 3 atom stereocenters. The maximum absolute atomic E-state index is 6.37. The van der Waals surface area contributed by atoms with Gasteiger partial charge in [0.25, 0.3) is 0 Å². The van der Waals surface area contributed by atoms with Crippen LogP contribution in [0.4, 0.5) is 0 Å². The minimum Gasteiger partial charge on any atom is -0.496 e. The van der Waals surface area contributed by atoms with Gasteiger partial charge in [-0.15, -0.1) is 0 Å². The van der Waals surface area contributed by atoms with E-state index in [0.29, 0.717) is 12.1 Å². The first-order chi connectivity index (χ1) is 11.7. The van der Waals surface area contributed by atoms with Crippen molar-refractivity contribution in [2.24, 2.45) is 5.92 Å². The maximum Gasteiger partial charge on any atom is 0.121 e. The van der Waals surface area contributed by atoms with Crippen LogP contribution in [0.5, 0.6) is 5.75 Å². The molecular weight excluding hydrogens is 298 g/mol. The summed E-state index contributed by atoms with van der Waals surface area (Å²) >= 11 is 0. The molecule has 2 fully saturated rings. The summed E-state index contributed by atoms with van der Waals surface area (Å²) in [4.78, 5) is 2.70. The van der Waals surface area contributed by atoms with Crippen molar-refractivity contribution in [3.05, 3.63) is 29.3 Å². The van der Waals surface area contributed by atoms with E-state index in [2.05, 4.69) is 36.9 Å². The molecule has 24 heavy (non-hydrogen) atoms. The standard InChI is InChI=1S/C21H33NO2/c1-16-10-12-22(15-16)19-6-4-5-7-21(19)24-13-11-18-8-9-20(23-3)17(2)14-18/h8-9,14,16,19,21H,4-7,10-13,15H2,1-3H3/t16-,19+,21+/m1/s1. The van der Waals surface area contributed by atoms with E-state index in [0.717, 1.165) is 24.7 Å². The van der Waals surface area contributed by atoms with Gasteiger partial charge in [0.15, 0.2) is 0 Å². The van der Waals surface area contributed by atoms with Crippen LogP contribution in [0.1, 0.15) is 50.2 Å². The maximum atomic E-state index is 6.37. The van der Waals surface area contributed by atoms with Gasteiger partial charge in [-0.1, -0.05) is 31.9 Å². The van der Waals surface area contributed by atoms with Crippen molar-refractivity contribution in [1.82, 2.24) is 4.90 Å². The van der Waals surface area contributed by atoms with Crippen molar-refractivity contribution in [1.29, 1.82) is 0 Å². The lowest BCUT2D eigenvalue weighted by atomic mass is 9.91. The summed E-state index contributed by atoms with van der Waals surface area (Å²) in [7, 11) is 1.73. The highest BCUT2D eigenvalue weighted by atomic mass is 16.5. The molecule has 1 aromatic rings. The molecule has 1 heterocycles. The van der Waals surface area contributed by atoms with E-state index in [1.807, 2.05) is 0 Å². The fourth-order valence-electron chi connectivity index (χ4n) is 4.38. The van der Waals surface area contributed by atoms with Gasteiger partial charge >= 0.3 is 0 Å². The summed E-state index contributed by atoms with van der Waals surface area (Å²) in [5, 5.41) is 0. The Balaban J connectivity index is 1.51. The average molecular weight is 332 g/mol. The molecule has 0 aromatic heterocycles. The van der Waals surface area contributed by atoms with E-state index in [-0.39, 0.29) is 0 Å². The molecule has 134 valence electrons. The van der Waals surface area contributed by atoms with Crippen LogP contribution in [-0.2, 0) is 11.2 Å². The Morgan fingerprint density at radius 2 is 2.00 bits per heavy atom. The average Bonchev–Trinajstić information content (AvgIpc) is 3.02. The van der Waals surface area contributed by atoms with Crippen LogP contribution in [0.15, 0.2) is 18.2 Å². The Hall–Kier alpha value is -1.06. The summed E-state index contributed by atoms with van der Waals surface area (Å²) in [6, 6.07) is 7.11. The summed E-state index contributed by atoms with van der Waals surface area (Å²) in [5.41, 5.74) is 2.55. The number of ether oxygens (including phenoxy) is 2. The number of aryl methyl sites for hydroxylation is 1. The van der Waals surface area contributed by atoms with Crippen molar-refractivity contribution < 1.29 is 9.47 Å². The third kappa shape index (κ3) is 4.31. The Morgan fingerprint density at radius 3 is 2.71 bits per heavy atom. The van der Waals surface area contributed by atoms with Gasteiger partial charge in [0, 0.05) is 12.6 Å². The molecule has 3 heteroatoms. The Labute approximate surface area is 147 Å². The number of hydrogen-bond donors (Lipinski definition) is 0. The number of rotatable bonds is 6. The number of methoxy groups -OCH3 is 1. The van der Waals surface area contributed by atoms with Crippen LogP contribution in [0, 0.1) is 12.8 Å². The SMILES string of the molecule is COc1ccc(CCO[C@H]2CCCC[C@@H]2N2CC[C@@H](C)C2)cc1C. The molecule has 0 unspecified atom stereocenters. The zero-order valence-corrected chi connectivity index (χ0v) is 15.6. The summed E-state index contributed by atoms with van der Waals surface area (Å²) < 4.78 is 11.7. The quantitative estimate of drug-likeness (QED) is 0.779. The van der Waals surface area contributed by atoms with Crippen molar-refractivity contribution in [2.45, 2.75) is 64.5 Å². The zero-order chi connectivity index (χ0) is 16.9. The molecule has 2 aliphatic rings. The van der Waals surface area contributed by atoms with Gasteiger partial charge in [-0.05, 0) is 62.3 Å². The Morgan fingerprint density at radius 1 is 1.17 bits per heavy atom. The summed E-state index contributed by atoms with van der Waals surface area (Å²) in [5.74, 6) is 1.82. The minimum absolute atomic E-state index is 0.434. The molecule has 1 saturated heterocycles. The first-order valence-corrected chi connectivity index (χ1v) is 9.66. The lowest BCUT2D eigenvalue weighted by Crippen LogP contribution is -2.45. The third-order valence-electron chi connectivity index (χ3n) is 5.77. The predicted octanol–water partition coefficient (Wildman–Crippen LogP) is 4.22. The molecule has 3 rings (SSSR count). The molecular formula is C21H33NO2. The second-order valence-electron chi connectivity index (χ2n) is 7.70. The van der Waals surface area contributed by atoms with E-state index < -0.39 is 0 Å². The van der Waals surface area contributed by atoms with Crippen LogP contribution >= 0.6 is 0 Å². The topological polar surface area (TPSA) is 21.7 Å². The molecule has 0 spiro atoms. The monoisotopic (exact) mass is 331 g/mol. The highest BCUT2D eigenvalue weighted by Gasteiger charge is 2.33.